The van der Waals surface area contributed by atoms with Gasteiger partial charge in [-0.15, -0.1) is 0 Å². The molecule has 2 aromatic carbocycles. The van der Waals surface area contributed by atoms with Gasteiger partial charge in [0.1, 0.15) is 0 Å². The fourth-order valence-corrected chi connectivity index (χ4v) is 3.00. The lowest BCUT2D eigenvalue weighted by Crippen LogP contribution is -2.27. The third kappa shape index (κ3) is 3.48. The first kappa shape index (κ1) is 17.0. The summed E-state index contributed by atoms with van der Waals surface area (Å²) in [6.45, 7) is 8.02. The first-order valence-electron chi connectivity index (χ1n) is 8.45. The van der Waals surface area contributed by atoms with Crippen molar-refractivity contribution >= 4 is 5.91 Å². The molecule has 1 N–H and O–H groups in total. The Morgan fingerprint density at radius 1 is 1.04 bits per heavy atom. The summed E-state index contributed by atoms with van der Waals surface area (Å²) in [6, 6.07) is 16.1. The first-order chi connectivity index (χ1) is 12.0. The molecule has 0 unspecified atom stereocenters. The number of aromatic nitrogens is 2. The van der Waals surface area contributed by atoms with Gasteiger partial charge in [0.2, 0.25) is 0 Å². The average molecular weight is 333 g/mol. The van der Waals surface area contributed by atoms with Crippen LogP contribution in [0.25, 0.3) is 5.69 Å². The van der Waals surface area contributed by atoms with Crippen molar-refractivity contribution in [3.05, 3.63) is 82.7 Å². The molecule has 0 radical (unpaired) electrons. The number of carbonyl (C=O) groups excluding carboxylic acids is 1. The number of hydrogen-bond acceptors (Lipinski definition) is 2. The standard InChI is InChI=1S/C21H23N3O/c1-14-9-11-18(12-10-14)24-17(4)20(13-22-24)21(25)23-16(3)19-8-6-5-7-15(19)2/h5-13,16H,1-4H3,(H,23,25)/t16-/m1/s1. The van der Waals surface area contributed by atoms with Crippen LogP contribution < -0.4 is 5.32 Å². The van der Waals surface area contributed by atoms with Crippen LogP contribution >= 0.6 is 0 Å². The molecule has 25 heavy (non-hydrogen) atoms. The molecule has 0 aliphatic rings. The lowest BCUT2D eigenvalue weighted by Gasteiger charge is -2.16. The van der Waals surface area contributed by atoms with Crippen LogP contribution in [0, 0.1) is 20.8 Å². The second-order valence-electron chi connectivity index (χ2n) is 6.44. The number of amides is 1. The minimum Gasteiger partial charge on any atom is -0.345 e. The quantitative estimate of drug-likeness (QED) is 0.774. The number of hydrogen-bond donors (Lipinski definition) is 1. The van der Waals surface area contributed by atoms with E-state index < -0.39 is 0 Å². The molecule has 0 aliphatic heterocycles. The van der Waals surface area contributed by atoms with Crippen LogP contribution in [0.15, 0.2) is 54.7 Å². The van der Waals surface area contributed by atoms with E-state index in [-0.39, 0.29) is 11.9 Å². The van der Waals surface area contributed by atoms with E-state index in [4.69, 9.17) is 0 Å². The number of nitrogens with zero attached hydrogens (tertiary/aromatic N) is 2. The minimum absolute atomic E-state index is 0.0594. The molecule has 0 bridgehead atoms. The molecule has 3 aromatic rings. The van der Waals surface area contributed by atoms with Crippen LogP contribution in [0.3, 0.4) is 0 Å². The summed E-state index contributed by atoms with van der Waals surface area (Å²) in [7, 11) is 0. The zero-order valence-corrected chi connectivity index (χ0v) is 15.1. The Balaban J connectivity index is 1.81. The minimum atomic E-state index is -0.105. The number of carbonyl (C=O) groups is 1. The number of nitrogens with one attached hydrogen (secondary N) is 1. The molecule has 128 valence electrons. The predicted molar refractivity (Wildman–Crippen MR) is 100 cm³/mol. The van der Waals surface area contributed by atoms with Crippen molar-refractivity contribution < 1.29 is 4.79 Å². The molecule has 3 rings (SSSR count). The first-order valence-corrected chi connectivity index (χ1v) is 8.45. The van der Waals surface area contributed by atoms with Gasteiger partial charge in [0.05, 0.1) is 29.2 Å². The summed E-state index contributed by atoms with van der Waals surface area (Å²) in [6.07, 6.45) is 1.63. The molecule has 4 heteroatoms. The van der Waals surface area contributed by atoms with E-state index in [0.717, 1.165) is 16.9 Å². The van der Waals surface area contributed by atoms with Gasteiger partial charge in [-0.25, -0.2) is 4.68 Å². The smallest absolute Gasteiger partial charge is 0.255 e. The van der Waals surface area contributed by atoms with Gasteiger partial charge in [0.15, 0.2) is 0 Å². The van der Waals surface area contributed by atoms with E-state index in [2.05, 4.69) is 23.4 Å². The molecule has 0 spiro atoms. The van der Waals surface area contributed by atoms with E-state index in [1.807, 2.05) is 63.2 Å². The lowest BCUT2D eigenvalue weighted by atomic mass is 10.0. The van der Waals surface area contributed by atoms with E-state index in [1.54, 1.807) is 10.9 Å². The Hall–Kier alpha value is -2.88. The third-order valence-electron chi connectivity index (χ3n) is 4.54. The fourth-order valence-electron chi connectivity index (χ4n) is 3.00. The van der Waals surface area contributed by atoms with Crippen LogP contribution in [0.5, 0.6) is 0 Å². The van der Waals surface area contributed by atoms with Crippen molar-refractivity contribution in [3.63, 3.8) is 0 Å². The molecular weight excluding hydrogens is 310 g/mol. The Kier molecular flexibility index (Phi) is 4.70. The predicted octanol–water partition coefficient (Wildman–Crippen LogP) is 4.29. The Labute approximate surface area is 148 Å². The van der Waals surface area contributed by atoms with Crippen molar-refractivity contribution in [3.8, 4) is 5.69 Å². The van der Waals surface area contributed by atoms with Crippen molar-refractivity contribution in [2.45, 2.75) is 33.7 Å². The number of aryl methyl sites for hydroxylation is 2. The molecule has 1 amide bonds. The molecule has 1 atom stereocenters. The molecule has 1 aromatic heterocycles. The summed E-state index contributed by atoms with van der Waals surface area (Å²) in [5.41, 5.74) is 5.87. The van der Waals surface area contributed by atoms with E-state index in [0.29, 0.717) is 5.56 Å². The number of rotatable bonds is 4. The summed E-state index contributed by atoms with van der Waals surface area (Å²) in [4.78, 5) is 12.7. The van der Waals surface area contributed by atoms with Gasteiger partial charge in [-0.1, -0.05) is 42.0 Å². The van der Waals surface area contributed by atoms with Gasteiger partial charge in [-0.2, -0.15) is 5.10 Å². The molecular formula is C21H23N3O. The van der Waals surface area contributed by atoms with Crippen LogP contribution in [0.1, 0.15) is 45.7 Å². The van der Waals surface area contributed by atoms with Crippen molar-refractivity contribution in [1.82, 2.24) is 15.1 Å². The average Bonchev–Trinajstić information content (AvgIpc) is 2.97. The zero-order chi connectivity index (χ0) is 18.0. The van der Waals surface area contributed by atoms with Crippen LogP contribution in [-0.2, 0) is 0 Å². The Morgan fingerprint density at radius 2 is 1.72 bits per heavy atom. The van der Waals surface area contributed by atoms with Gasteiger partial charge >= 0.3 is 0 Å². The van der Waals surface area contributed by atoms with Crippen LogP contribution in [0.4, 0.5) is 0 Å². The molecule has 0 saturated heterocycles. The summed E-state index contributed by atoms with van der Waals surface area (Å²) in [5.74, 6) is -0.105. The van der Waals surface area contributed by atoms with E-state index in [1.165, 1.54) is 11.1 Å². The SMILES string of the molecule is Cc1ccc(-n2ncc(C(=O)N[C@H](C)c3ccccc3C)c2C)cc1. The molecule has 0 fully saturated rings. The van der Waals surface area contributed by atoms with Crippen molar-refractivity contribution in [1.29, 1.82) is 0 Å². The van der Waals surface area contributed by atoms with E-state index in [9.17, 15) is 4.79 Å². The van der Waals surface area contributed by atoms with Gasteiger partial charge in [-0.05, 0) is 51.0 Å². The highest BCUT2D eigenvalue weighted by atomic mass is 16.1. The maximum Gasteiger partial charge on any atom is 0.255 e. The van der Waals surface area contributed by atoms with Gasteiger partial charge in [0.25, 0.3) is 5.91 Å². The number of benzene rings is 2. The molecule has 4 nitrogen and oxygen atoms in total. The highest BCUT2D eigenvalue weighted by Gasteiger charge is 2.18. The molecule has 1 heterocycles. The topological polar surface area (TPSA) is 46.9 Å². The van der Waals surface area contributed by atoms with Crippen molar-refractivity contribution in [2.75, 3.05) is 0 Å². The van der Waals surface area contributed by atoms with Crippen LogP contribution in [-0.4, -0.2) is 15.7 Å². The third-order valence-corrected chi connectivity index (χ3v) is 4.54. The highest BCUT2D eigenvalue weighted by Crippen LogP contribution is 2.19. The summed E-state index contributed by atoms with van der Waals surface area (Å²) in [5, 5.41) is 7.47. The lowest BCUT2D eigenvalue weighted by molar-refractivity contribution is 0.0939. The van der Waals surface area contributed by atoms with Gasteiger partial charge in [-0.3, -0.25) is 4.79 Å². The Bertz CT molecular complexity index is 894. The largest absolute Gasteiger partial charge is 0.345 e. The second kappa shape index (κ2) is 6.93. The fraction of sp³-hybridized carbons (Fsp3) is 0.238. The molecule has 0 aliphatic carbocycles. The van der Waals surface area contributed by atoms with Crippen LogP contribution in [0.2, 0.25) is 0 Å². The maximum absolute atomic E-state index is 12.7. The normalized spacial score (nSPS) is 12.0. The second-order valence-corrected chi connectivity index (χ2v) is 6.44. The molecule has 0 saturated carbocycles. The van der Waals surface area contributed by atoms with E-state index >= 15 is 0 Å². The monoisotopic (exact) mass is 333 g/mol. The Morgan fingerprint density at radius 3 is 2.40 bits per heavy atom. The highest BCUT2D eigenvalue weighted by molar-refractivity contribution is 5.95. The summed E-state index contributed by atoms with van der Waals surface area (Å²) < 4.78 is 1.80. The van der Waals surface area contributed by atoms with Crippen molar-refractivity contribution in [2.24, 2.45) is 0 Å². The summed E-state index contributed by atoms with van der Waals surface area (Å²) >= 11 is 0. The van der Waals surface area contributed by atoms with Gasteiger partial charge in [0, 0.05) is 0 Å². The van der Waals surface area contributed by atoms with Gasteiger partial charge < -0.3 is 5.32 Å². The maximum atomic E-state index is 12.7. The zero-order valence-electron chi connectivity index (χ0n) is 15.1.